The summed E-state index contributed by atoms with van der Waals surface area (Å²) in [5.74, 6) is 1.21. The van der Waals surface area contributed by atoms with Crippen LogP contribution in [-0.2, 0) is 23.7 Å². The lowest BCUT2D eigenvalue weighted by molar-refractivity contribution is 0.272. The first-order chi connectivity index (χ1) is 9.86. The van der Waals surface area contributed by atoms with Gasteiger partial charge in [0.25, 0.3) is 0 Å². The molecule has 1 saturated heterocycles. The van der Waals surface area contributed by atoms with Gasteiger partial charge in [-0.1, -0.05) is 13.8 Å². The maximum absolute atomic E-state index is 12.7. The Morgan fingerprint density at radius 3 is 2.62 bits per heavy atom. The maximum Gasteiger partial charge on any atom is 0.244 e. The summed E-state index contributed by atoms with van der Waals surface area (Å²) in [6, 6.07) is 1.57. The van der Waals surface area contributed by atoms with Crippen molar-refractivity contribution in [1.82, 2.24) is 8.87 Å². The molecule has 1 fully saturated rings. The average molecular weight is 314 g/mol. The van der Waals surface area contributed by atoms with Crippen LogP contribution in [0.2, 0.25) is 0 Å². The Morgan fingerprint density at radius 2 is 2.05 bits per heavy atom. The molecule has 1 aliphatic heterocycles. The first kappa shape index (κ1) is 16.5. The van der Waals surface area contributed by atoms with Crippen molar-refractivity contribution in [3.8, 4) is 0 Å². The fourth-order valence-corrected chi connectivity index (χ4v) is 4.62. The fraction of sp³-hybridized carbons (Fsp3) is 0.733. The van der Waals surface area contributed by atoms with Crippen molar-refractivity contribution in [2.45, 2.75) is 44.6 Å². The normalized spacial score (nSPS) is 21.7. The maximum atomic E-state index is 12.7. The van der Waals surface area contributed by atoms with Crippen LogP contribution in [0.4, 0.5) is 0 Å². The van der Waals surface area contributed by atoms with E-state index in [9.17, 15) is 13.5 Å². The van der Waals surface area contributed by atoms with Crippen molar-refractivity contribution in [1.29, 1.82) is 0 Å². The highest BCUT2D eigenvalue weighted by molar-refractivity contribution is 7.89. The van der Waals surface area contributed by atoms with Gasteiger partial charge < -0.3 is 9.67 Å². The van der Waals surface area contributed by atoms with E-state index in [0.29, 0.717) is 30.6 Å². The third-order valence-electron chi connectivity index (χ3n) is 4.56. The molecule has 5 nitrogen and oxygen atoms in total. The zero-order valence-electron chi connectivity index (χ0n) is 13.1. The monoisotopic (exact) mass is 314 g/mol. The average Bonchev–Trinajstić information content (AvgIpc) is 2.65. The summed E-state index contributed by atoms with van der Waals surface area (Å²) < 4.78 is 28.7. The third kappa shape index (κ3) is 3.49. The summed E-state index contributed by atoms with van der Waals surface area (Å²) in [5, 5.41) is 9.22. The van der Waals surface area contributed by atoms with Crippen molar-refractivity contribution in [2.24, 2.45) is 18.9 Å². The highest BCUT2D eigenvalue weighted by Gasteiger charge is 2.29. The number of aliphatic hydroxyl groups is 1. The van der Waals surface area contributed by atoms with Crippen molar-refractivity contribution < 1.29 is 13.5 Å². The van der Waals surface area contributed by atoms with Crippen molar-refractivity contribution in [3.63, 3.8) is 0 Å². The lowest BCUT2D eigenvalue weighted by Gasteiger charge is -2.20. The largest absolute Gasteiger partial charge is 0.390 e. The van der Waals surface area contributed by atoms with Crippen LogP contribution in [0.1, 0.15) is 38.8 Å². The molecule has 2 rings (SSSR count). The van der Waals surface area contributed by atoms with Crippen LogP contribution in [0.25, 0.3) is 0 Å². The molecule has 120 valence electrons. The Labute approximate surface area is 127 Å². The van der Waals surface area contributed by atoms with Gasteiger partial charge in [0.05, 0.1) is 6.61 Å². The second-order valence-electron chi connectivity index (χ2n) is 6.28. The fourth-order valence-electron chi connectivity index (χ4n) is 3.03. The van der Waals surface area contributed by atoms with E-state index in [1.54, 1.807) is 28.2 Å². The van der Waals surface area contributed by atoms with Crippen LogP contribution in [0, 0.1) is 11.8 Å². The molecule has 1 aromatic heterocycles. The Morgan fingerprint density at radius 1 is 1.33 bits per heavy atom. The van der Waals surface area contributed by atoms with E-state index in [2.05, 4.69) is 13.8 Å². The van der Waals surface area contributed by atoms with Crippen LogP contribution in [0.15, 0.2) is 17.2 Å². The number of hydrogen-bond donors (Lipinski definition) is 1. The van der Waals surface area contributed by atoms with Crippen LogP contribution >= 0.6 is 0 Å². The molecule has 0 aromatic carbocycles. The predicted octanol–water partition coefficient (Wildman–Crippen LogP) is 1.96. The molecule has 1 aliphatic rings. The molecule has 0 spiro atoms. The van der Waals surface area contributed by atoms with Crippen molar-refractivity contribution in [2.75, 3.05) is 13.1 Å². The van der Waals surface area contributed by atoms with Crippen LogP contribution < -0.4 is 0 Å². The number of aliphatic hydroxyl groups excluding tert-OH is 1. The molecular weight excluding hydrogens is 288 g/mol. The summed E-state index contributed by atoms with van der Waals surface area (Å²) in [6.07, 6.45) is 4.53. The highest BCUT2D eigenvalue weighted by Crippen LogP contribution is 2.28. The van der Waals surface area contributed by atoms with Gasteiger partial charge >= 0.3 is 0 Å². The van der Waals surface area contributed by atoms with Crippen molar-refractivity contribution in [3.05, 3.63) is 18.0 Å². The van der Waals surface area contributed by atoms with Gasteiger partial charge in [0.1, 0.15) is 4.90 Å². The first-order valence-corrected chi connectivity index (χ1v) is 9.06. The standard InChI is InChI=1S/C15H26N2O3S/c1-12(2)13-5-4-7-17(8-6-13)21(19,20)15-9-14(11-18)16(3)10-15/h9-10,12-13,18H,4-8,11H2,1-3H3. The second kappa shape index (κ2) is 6.50. The number of aromatic nitrogens is 1. The molecule has 1 aromatic rings. The molecule has 1 unspecified atom stereocenters. The summed E-state index contributed by atoms with van der Waals surface area (Å²) in [7, 11) is -1.69. The van der Waals surface area contributed by atoms with E-state index in [0.717, 1.165) is 19.3 Å². The summed E-state index contributed by atoms with van der Waals surface area (Å²) in [6.45, 7) is 5.45. The molecule has 1 atom stereocenters. The lowest BCUT2D eigenvalue weighted by atomic mass is 9.89. The zero-order valence-corrected chi connectivity index (χ0v) is 13.9. The van der Waals surface area contributed by atoms with E-state index in [1.807, 2.05) is 0 Å². The Hall–Kier alpha value is -0.850. The second-order valence-corrected chi connectivity index (χ2v) is 8.21. The van der Waals surface area contributed by atoms with Gasteiger partial charge in [0, 0.05) is 32.0 Å². The molecular formula is C15H26N2O3S. The van der Waals surface area contributed by atoms with Gasteiger partial charge in [-0.25, -0.2) is 8.42 Å². The zero-order chi connectivity index (χ0) is 15.6. The van der Waals surface area contributed by atoms with E-state index < -0.39 is 10.0 Å². The topological polar surface area (TPSA) is 62.5 Å². The van der Waals surface area contributed by atoms with Gasteiger partial charge in [0.15, 0.2) is 0 Å². The van der Waals surface area contributed by atoms with Crippen molar-refractivity contribution >= 4 is 10.0 Å². The quantitative estimate of drug-likeness (QED) is 0.924. The smallest absolute Gasteiger partial charge is 0.244 e. The lowest BCUT2D eigenvalue weighted by Crippen LogP contribution is -2.32. The van der Waals surface area contributed by atoms with E-state index in [1.165, 1.54) is 0 Å². The van der Waals surface area contributed by atoms with Crippen LogP contribution in [0.5, 0.6) is 0 Å². The van der Waals surface area contributed by atoms with E-state index in [-0.39, 0.29) is 11.5 Å². The Kier molecular flexibility index (Phi) is 5.11. The molecule has 0 aliphatic carbocycles. The third-order valence-corrected chi connectivity index (χ3v) is 6.42. The molecule has 2 heterocycles. The molecule has 0 saturated carbocycles. The van der Waals surface area contributed by atoms with E-state index in [4.69, 9.17) is 0 Å². The molecule has 0 radical (unpaired) electrons. The van der Waals surface area contributed by atoms with Crippen LogP contribution in [-0.4, -0.2) is 35.5 Å². The summed E-state index contributed by atoms with van der Waals surface area (Å²) >= 11 is 0. The number of nitrogens with zero attached hydrogens (tertiary/aromatic N) is 2. The molecule has 0 bridgehead atoms. The summed E-state index contributed by atoms with van der Waals surface area (Å²) in [4.78, 5) is 0.289. The molecule has 6 heteroatoms. The number of sulfonamides is 1. The van der Waals surface area contributed by atoms with E-state index >= 15 is 0 Å². The minimum Gasteiger partial charge on any atom is -0.390 e. The Bertz CT molecular complexity index is 578. The van der Waals surface area contributed by atoms with Gasteiger partial charge in [-0.2, -0.15) is 4.31 Å². The predicted molar refractivity (Wildman–Crippen MR) is 82.3 cm³/mol. The van der Waals surface area contributed by atoms with Crippen LogP contribution in [0.3, 0.4) is 0 Å². The minimum absolute atomic E-state index is 0.151. The summed E-state index contributed by atoms with van der Waals surface area (Å²) in [5.41, 5.74) is 0.614. The van der Waals surface area contributed by atoms with Gasteiger partial charge in [-0.3, -0.25) is 0 Å². The van der Waals surface area contributed by atoms with Gasteiger partial charge in [-0.05, 0) is 37.2 Å². The van der Waals surface area contributed by atoms with Gasteiger partial charge in [0.2, 0.25) is 10.0 Å². The van der Waals surface area contributed by atoms with Gasteiger partial charge in [-0.15, -0.1) is 0 Å². The molecule has 0 amide bonds. The highest BCUT2D eigenvalue weighted by atomic mass is 32.2. The first-order valence-electron chi connectivity index (χ1n) is 7.62. The minimum atomic E-state index is -3.44. The SMILES string of the molecule is CC(C)C1CCCN(S(=O)(=O)c2cc(CO)n(C)c2)CC1. The molecule has 21 heavy (non-hydrogen) atoms. The number of aryl methyl sites for hydroxylation is 1. The number of rotatable bonds is 4. The molecule has 1 N–H and O–H groups in total. The Balaban J connectivity index is 2.19. The number of hydrogen-bond acceptors (Lipinski definition) is 3.